The Bertz CT molecular complexity index is 1880. The molecule has 2 saturated heterocycles. The van der Waals surface area contributed by atoms with Gasteiger partial charge in [0.1, 0.15) is 11.4 Å². The molecule has 6 rings (SSSR count). The number of benzene rings is 3. The lowest BCUT2D eigenvalue weighted by Gasteiger charge is -2.27. The molecule has 2 amide bonds. The molecule has 0 bridgehead atoms. The number of anilines is 1. The number of aromatic amines is 1. The maximum atomic E-state index is 13.0. The first kappa shape index (κ1) is 33.4. The number of ether oxygens (including phenoxy) is 1. The molecule has 2 aliphatic heterocycles. The van der Waals surface area contributed by atoms with Crippen LogP contribution in [0.4, 0.5) is 10.5 Å². The molecule has 1 unspecified atom stereocenters. The summed E-state index contributed by atoms with van der Waals surface area (Å²) < 4.78 is 29.0. The molecule has 252 valence electrons. The van der Waals surface area contributed by atoms with Crippen molar-refractivity contribution < 1.29 is 22.7 Å². The van der Waals surface area contributed by atoms with E-state index in [-0.39, 0.29) is 29.5 Å². The van der Waals surface area contributed by atoms with Crippen molar-refractivity contribution in [3.05, 3.63) is 95.4 Å². The SMILES string of the molecule is Cc1cc(-c2cnc(C3CCCN3C(=O)OC(C)(C)C)[nH]2)ccc1-c1ccc(C(=O)Nc2ccc(CN3CCS(=O)(=O)CC3)cc2)cc1. The summed E-state index contributed by atoms with van der Waals surface area (Å²) in [5.41, 5.74) is 6.84. The summed E-state index contributed by atoms with van der Waals surface area (Å²) in [5.74, 6) is 0.980. The number of amides is 2. The van der Waals surface area contributed by atoms with Gasteiger partial charge in [-0.25, -0.2) is 18.2 Å². The third kappa shape index (κ3) is 7.96. The molecular weight excluding hydrogens is 627 g/mol. The summed E-state index contributed by atoms with van der Waals surface area (Å²) in [6, 6.07) is 21.4. The smallest absolute Gasteiger partial charge is 0.410 e. The standard InChI is InChI=1S/C37H43N5O5S/c1-25-22-29(32-23-38-34(40-32)33-6-5-17-42(33)36(44)47-37(2,3)4)13-16-31(25)27-9-11-28(12-10-27)35(43)39-30-14-7-26(8-15-30)24-41-18-20-48(45,46)21-19-41/h7-16,22-23,33H,5-6,17-21,24H2,1-4H3,(H,38,40)(H,39,43). The number of nitrogens with zero attached hydrogens (tertiary/aromatic N) is 3. The molecular formula is C37H43N5O5S. The fourth-order valence-electron chi connectivity index (χ4n) is 6.26. The molecule has 11 heteroatoms. The van der Waals surface area contributed by atoms with Gasteiger partial charge in [0.15, 0.2) is 9.84 Å². The van der Waals surface area contributed by atoms with Gasteiger partial charge in [0.25, 0.3) is 5.91 Å². The number of aryl methyl sites for hydroxylation is 1. The Hall–Kier alpha value is -4.48. The van der Waals surface area contributed by atoms with Gasteiger partial charge in [-0.3, -0.25) is 14.6 Å². The fraction of sp³-hybridized carbons (Fsp3) is 0.378. The van der Waals surface area contributed by atoms with Crippen LogP contribution in [-0.2, 0) is 21.1 Å². The predicted octanol–water partition coefficient (Wildman–Crippen LogP) is 6.61. The molecule has 3 heterocycles. The summed E-state index contributed by atoms with van der Waals surface area (Å²) in [6.07, 6.45) is 3.24. The number of carbonyl (C=O) groups is 2. The minimum atomic E-state index is -2.90. The topological polar surface area (TPSA) is 125 Å². The van der Waals surface area contributed by atoms with Gasteiger partial charge in [-0.05, 0) is 98.7 Å². The van der Waals surface area contributed by atoms with Crippen LogP contribution in [0.15, 0.2) is 72.9 Å². The van der Waals surface area contributed by atoms with Gasteiger partial charge in [-0.1, -0.05) is 36.4 Å². The highest BCUT2D eigenvalue weighted by molar-refractivity contribution is 7.91. The molecule has 4 aromatic rings. The van der Waals surface area contributed by atoms with Crippen molar-refractivity contribution in [2.75, 3.05) is 36.5 Å². The van der Waals surface area contributed by atoms with E-state index in [0.717, 1.165) is 52.2 Å². The summed E-state index contributed by atoms with van der Waals surface area (Å²) >= 11 is 0. The Morgan fingerprint density at radius 2 is 1.65 bits per heavy atom. The summed E-state index contributed by atoms with van der Waals surface area (Å²) in [5, 5.41) is 2.97. The maximum absolute atomic E-state index is 13.0. The molecule has 1 aromatic heterocycles. The van der Waals surface area contributed by atoms with Gasteiger partial charge in [-0.2, -0.15) is 0 Å². The van der Waals surface area contributed by atoms with Crippen LogP contribution < -0.4 is 5.32 Å². The van der Waals surface area contributed by atoms with Crippen molar-refractivity contribution in [2.24, 2.45) is 0 Å². The van der Waals surface area contributed by atoms with E-state index in [1.165, 1.54) is 0 Å². The average Bonchev–Trinajstić information content (AvgIpc) is 3.73. The normalized spacial score (nSPS) is 18.1. The third-order valence-corrected chi connectivity index (χ3v) is 10.5. The lowest BCUT2D eigenvalue weighted by Crippen LogP contribution is -2.39. The number of hydrogen-bond donors (Lipinski definition) is 2. The van der Waals surface area contributed by atoms with Crippen LogP contribution >= 0.6 is 0 Å². The highest BCUT2D eigenvalue weighted by atomic mass is 32.2. The number of rotatable bonds is 7. The van der Waals surface area contributed by atoms with E-state index < -0.39 is 15.4 Å². The number of H-pyrrole nitrogens is 1. The van der Waals surface area contributed by atoms with Gasteiger partial charge in [-0.15, -0.1) is 0 Å². The minimum Gasteiger partial charge on any atom is -0.444 e. The van der Waals surface area contributed by atoms with E-state index in [1.54, 1.807) is 4.90 Å². The highest BCUT2D eigenvalue weighted by Crippen LogP contribution is 2.34. The van der Waals surface area contributed by atoms with E-state index >= 15 is 0 Å². The quantitative estimate of drug-likeness (QED) is 0.227. The number of carbonyl (C=O) groups excluding carboxylic acids is 2. The van der Waals surface area contributed by atoms with E-state index in [1.807, 2.05) is 75.5 Å². The molecule has 0 spiro atoms. The molecule has 3 aromatic carbocycles. The van der Waals surface area contributed by atoms with Crippen LogP contribution in [0.3, 0.4) is 0 Å². The molecule has 0 saturated carbocycles. The first-order valence-electron chi connectivity index (χ1n) is 16.4. The highest BCUT2D eigenvalue weighted by Gasteiger charge is 2.35. The van der Waals surface area contributed by atoms with Crippen LogP contribution in [0, 0.1) is 6.92 Å². The zero-order chi connectivity index (χ0) is 34.1. The van der Waals surface area contributed by atoms with E-state index in [2.05, 4.69) is 45.3 Å². The largest absolute Gasteiger partial charge is 0.444 e. The molecule has 2 N–H and O–H groups in total. The van der Waals surface area contributed by atoms with Crippen molar-refractivity contribution in [3.8, 4) is 22.4 Å². The minimum absolute atomic E-state index is 0.140. The second kappa shape index (κ2) is 13.6. The van der Waals surface area contributed by atoms with Gasteiger partial charge < -0.3 is 15.0 Å². The molecule has 0 radical (unpaired) electrons. The van der Waals surface area contributed by atoms with Gasteiger partial charge in [0.05, 0.1) is 29.4 Å². The summed E-state index contributed by atoms with van der Waals surface area (Å²) in [4.78, 5) is 37.8. The number of nitrogens with one attached hydrogen (secondary N) is 2. The number of hydrogen-bond acceptors (Lipinski definition) is 7. The maximum Gasteiger partial charge on any atom is 0.410 e. The fourth-order valence-corrected chi connectivity index (χ4v) is 7.54. The molecule has 48 heavy (non-hydrogen) atoms. The second-order valence-corrected chi connectivity index (χ2v) is 16.0. The zero-order valence-electron chi connectivity index (χ0n) is 28.0. The first-order chi connectivity index (χ1) is 22.8. The Kier molecular flexibility index (Phi) is 9.44. The Labute approximate surface area is 282 Å². The van der Waals surface area contributed by atoms with Gasteiger partial charge in [0.2, 0.25) is 0 Å². The van der Waals surface area contributed by atoms with Crippen molar-refractivity contribution in [1.29, 1.82) is 0 Å². The zero-order valence-corrected chi connectivity index (χ0v) is 28.8. The molecule has 0 aliphatic carbocycles. The number of imidazole rings is 1. The monoisotopic (exact) mass is 669 g/mol. The number of sulfone groups is 1. The lowest BCUT2D eigenvalue weighted by molar-refractivity contribution is 0.0218. The van der Waals surface area contributed by atoms with E-state index in [0.29, 0.717) is 37.4 Å². The van der Waals surface area contributed by atoms with Crippen molar-refractivity contribution >= 4 is 27.5 Å². The number of likely N-dealkylation sites (tertiary alicyclic amines) is 1. The number of aromatic nitrogens is 2. The lowest BCUT2D eigenvalue weighted by atomic mass is 9.97. The Balaban J connectivity index is 1.07. The molecule has 2 aliphatic rings. The molecule has 1 atom stereocenters. The Morgan fingerprint density at radius 1 is 0.958 bits per heavy atom. The van der Waals surface area contributed by atoms with E-state index in [9.17, 15) is 18.0 Å². The van der Waals surface area contributed by atoms with Crippen LogP contribution in [0.1, 0.15) is 67.0 Å². The van der Waals surface area contributed by atoms with Gasteiger partial charge in [0, 0.05) is 37.4 Å². The van der Waals surface area contributed by atoms with E-state index in [4.69, 9.17) is 4.74 Å². The van der Waals surface area contributed by atoms with Crippen molar-refractivity contribution in [1.82, 2.24) is 19.8 Å². The Morgan fingerprint density at radius 3 is 2.31 bits per heavy atom. The molecule has 2 fully saturated rings. The third-order valence-electron chi connectivity index (χ3n) is 8.84. The predicted molar refractivity (Wildman–Crippen MR) is 187 cm³/mol. The van der Waals surface area contributed by atoms with Crippen LogP contribution in [0.2, 0.25) is 0 Å². The average molecular weight is 670 g/mol. The van der Waals surface area contributed by atoms with Gasteiger partial charge >= 0.3 is 6.09 Å². The van der Waals surface area contributed by atoms with Crippen LogP contribution in [0.5, 0.6) is 0 Å². The van der Waals surface area contributed by atoms with Crippen molar-refractivity contribution in [2.45, 2.75) is 58.7 Å². The van der Waals surface area contributed by atoms with Crippen LogP contribution in [0.25, 0.3) is 22.4 Å². The molecule has 10 nitrogen and oxygen atoms in total. The summed E-state index contributed by atoms with van der Waals surface area (Å²) in [7, 11) is -2.90. The van der Waals surface area contributed by atoms with Crippen molar-refractivity contribution in [3.63, 3.8) is 0 Å². The summed E-state index contributed by atoms with van der Waals surface area (Å²) in [6.45, 7) is 10.1. The van der Waals surface area contributed by atoms with Crippen LogP contribution in [-0.4, -0.2) is 76.9 Å². The first-order valence-corrected chi connectivity index (χ1v) is 18.2. The second-order valence-electron chi connectivity index (χ2n) is 13.7.